The molecule has 1 aromatic carbocycles. The van der Waals surface area contributed by atoms with Gasteiger partial charge in [0.05, 0.1) is 7.11 Å². The molecule has 0 aliphatic carbocycles. The molecule has 5 N–H and O–H groups in total. The summed E-state index contributed by atoms with van der Waals surface area (Å²) in [5.41, 5.74) is 1.80. The maximum absolute atomic E-state index is 12.8. The minimum Gasteiger partial charge on any atom is -0.467 e. The molecule has 0 unspecified atom stereocenters. The van der Waals surface area contributed by atoms with Gasteiger partial charge < -0.3 is 31.0 Å². The van der Waals surface area contributed by atoms with E-state index in [9.17, 15) is 24.0 Å². The average molecular weight is 696 g/mol. The van der Waals surface area contributed by atoms with E-state index in [-0.39, 0.29) is 37.0 Å². The van der Waals surface area contributed by atoms with Gasteiger partial charge in [0.1, 0.15) is 18.1 Å². The summed E-state index contributed by atoms with van der Waals surface area (Å²) in [5.74, 6) is -1.53. The van der Waals surface area contributed by atoms with E-state index in [4.69, 9.17) is 4.74 Å². The van der Waals surface area contributed by atoms with Gasteiger partial charge in [-0.1, -0.05) is 102 Å². The van der Waals surface area contributed by atoms with E-state index in [1.54, 1.807) is 0 Å². The number of nitrogens with one attached hydrogen (secondary N) is 5. The maximum atomic E-state index is 12.8. The zero-order valence-corrected chi connectivity index (χ0v) is 30.4. The second kappa shape index (κ2) is 23.5. The predicted molar refractivity (Wildman–Crippen MR) is 196 cm³/mol. The second-order valence-corrected chi connectivity index (χ2v) is 13.7. The van der Waals surface area contributed by atoms with Crippen molar-refractivity contribution in [3.63, 3.8) is 0 Å². The molecular weight excluding hydrogens is 634 g/mol. The van der Waals surface area contributed by atoms with Crippen LogP contribution in [0.1, 0.15) is 134 Å². The first-order chi connectivity index (χ1) is 24.3. The SMILES string of the molecule is CCCCCCCCCCCCCCCC(=O)NCCCC[C@@H]1NC(=O)[C@H](CCC(=O)N[C@@H](Cc2c[nH]c3ccccc23)C(=O)OC)NC1=O. The fourth-order valence-electron chi connectivity index (χ4n) is 6.57. The molecule has 1 aliphatic heterocycles. The van der Waals surface area contributed by atoms with Crippen LogP contribution in [-0.2, 0) is 35.1 Å². The van der Waals surface area contributed by atoms with E-state index in [1.807, 2.05) is 30.5 Å². The van der Waals surface area contributed by atoms with Gasteiger partial charge in [0.2, 0.25) is 23.6 Å². The highest BCUT2D eigenvalue weighted by Gasteiger charge is 2.33. The van der Waals surface area contributed by atoms with Crippen molar-refractivity contribution in [3.8, 4) is 0 Å². The number of fused-ring (bicyclic) bond motifs is 1. The van der Waals surface area contributed by atoms with Gasteiger partial charge in [-0.2, -0.15) is 0 Å². The van der Waals surface area contributed by atoms with Gasteiger partial charge in [0, 0.05) is 42.9 Å². The Hall–Kier alpha value is -3.89. The van der Waals surface area contributed by atoms with E-state index in [0.717, 1.165) is 29.3 Å². The third kappa shape index (κ3) is 14.9. The zero-order valence-electron chi connectivity index (χ0n) is 30.4. The number of piperazine rings is 1. The fraction of sp³-hybridized carbons (Fsp3) is 0.667. The molecule has 11 heteroatoms. The summed E-state index contributed by atoms with van der Waals surface area (Å²) in [6.45, 7) is 2.80. The quantitative estimate of drug-likeness (QED) is 0.0609. The van der Waals surface area contributed by atoms with E-state index in [1.165, 1.54) is 77.7 Å². The summed E-state index contributed by atoms with van der Waals surface area (Å²) in [7, 11) is 1.27. The second-order valence-electron chi connectivity index (χ2n) is 13.7. The molecule has 1 saturated heterocycles. The number of ether oxygens (including phenoxy) is 1. The molecule has 0 spiro atoms. The van der Waals surface area contributed by atoms with Crippen LogP contribution in [-0.4, -0.2) is 66.4 Å². The number of carbonyl (C=O) groups excluding carboxylic acids is 5. The maximum Gasteiger partial charge on any atom is 0.328 e. The lowest BCUT2D eigenvalue weighted by atomic mass is 10.0. The molecule has 0 saturated carbocycles. The van der Waals surface area contributed by atoms with Crippen molar-refractivity contribution in [1.82, 2.24) is 26.3 Å². The molecule has 11 nitrogen and oxygen atoms in total. The lowest BCUT2D eigenvalue weighted by Crippen LogP contribution is -2.61. The van der Waals surface area contributed by atoms with Crippen LogP contribution in [0.4, 0.5) is 0 Å². The van der Waals surface area contributed by atoms with Crippen molar-refractivity contribution in [2.75, 3.05) is 13.7 Å². The Morgan fingerprint density at radius 2 is 1.34 bits per heavy atom. The Kier molecular flexibility index (Phi) is 19.1. The first-order valence-electron chi connectivity index (χ1n) is 19.1. The van der Waals surface area contributed by atoms with Gasteiger partial charge in [0.15, 0.2) is 0 Å². The Morgan fingerprint density at radius 3 is 1.98 bits per heavy atom. The minimum absolute atomic E-state index is 0.0522. The molecule has 2 heterocycles. The number of esters is 1. The minimum atomic E-state index is -0.894. The molecular formula is C39H61N5O6. The number of methoxy groups -OCH3 is 1. The fourth-order valence-corrected chi connectivity index (χ4v) is 6.57. The molecule has 4 amide bonds. The molecule has 278 valence electrons. The molecule has 2 aromatic rings. The van der Waals surface area contributed by atoms with Crippen LogP contribution >= 0.6 is 0 Å². The number of benzene rings is 1. The highest BCUT2D eigenvalue weighted by molar-refractivity contribution is 5.97. The van der Waals surface area contributed by atoms with Crippen molar-refractivity contribution in [1.29, 1.82) is 0 Å². The van der Waals surface area contributed by atoms with Gasteiger partial charge in [-0.05, 0) is 43.7 Å². The van der Waals surface area contributed by atoms with Crippen molar-refractivity contribution in [3.05, 3.63) is 36.0 Å². The van der Waals surface area contributed by atoms with Crippen LogP contribution in [0.2, 0.25) is 0 Å². The molecule has 50 heavy (non-hydrogen) atoms. The van der Waals surface area contributed by atoms with E-state index in [2.05, 4.69) is 33.2 Å². The third-order valence-electron chi connectivity index (χ3n) is 9.60. The summed E-state index contributed by atoms with van der Waals surface area (Å²) >= 11 is 0. The van der Waals surface area contributed by atoms with Crippen LogP contribution in [0.3, 0.4) is 0 Å². The molecule has 3 atom stereocenters. The number of hydrogen-bond donors (Lipinski definition) is 5. The van der Waals surface area contributed by atoms with Crippen LogP contribution < -0.4 is 21.3 Å². The Labute approximate surface area is 298 Å². The first kappa shape index (κ1) is 40.5. The standard InChI is InChI=1S/C39H61N5O6/c1-3-4-5-6-7-8-9-10-11-12-13-14-15-23-35(45)40-26-19-18-22-32-37(47)44-33(38(48)43-32)24-25-36(46)42-34(39(49)50-2)27-29-28-41-31-21-17-16-20-30(29)31/h16-17,20-21,28,32-34,41H,3-15,18-19,22-27H2,1-2H3,(H,40,45)(H,42,46)(H,43,48)(H,44,47)/t32-,33-,34-/m0/s1. The van der Waals surface area contributed by atoms with Crippen LogP contribution in [0.15, 0.2) is 30.5 Å². The number of H-pyrrole nitrogens is 1. The number of para-hydroxylation sites is 1. The normalized spacial score (nSPS) is 16.4. The van der Waals surface area contributed by atoms with Gasteiger partial charge in [-0.15, -0.1) is 0 Å². The van der Waals surface area contributed by atoms with Crippen LogP contribution in [0.5, 0.6) is 0 Å². The molecule has 1 aliphatic rings. The number of rotatable bonds is 26. The summed E-state index contributed by atoms with van der Waals surface area (Å²) in [4.78, 5) is 66.0. The van der Waals surface area contributed by atoms with Gasteiger partial charge in [-0.25, -0.2) is 4.79 Å². The number of aromatic amines is 1. The lowest BCUT2D eigenvalue weighted by Gasteiger charge is -2.29. The average Bonchev–Trinajstić information content (AvgIpc) is 3.52. The molecule has 3 rings (SSSR count). The molecule has 0 bridgehead atoms. The Balaban J connectivity index is 1.22. The third-order valence-corrected chi connectivity index (χ3v) is 9.60. The van der Waals surface area contributed by atoms with E-state index < -0.39 is 30.0 Å². The first-order valence-corrected chi connectivity index (χ1v) is 19.1. The number of amides is 4. The van der Waals surface area contributed by atoms with Gasteiger partial charge in [0.25, 0.3) is 0 Å². The number of hydrogen-bond acceptors (Lipinski definition) is 6. The van der Waals surface area contributed by atoms with Crippen LogP contribution in [0, 0.1) is 0 Å². The number of carbonyl (C=O) groups is 5. The summed E-state index contributed by atoms with van der Waals surface area (Å²) in [6.07, 6.45) is 21.1. The molecule has 1 aromatic heterocycles. The van der Waals surface area contributed by atoms with Gasteiger partial charge >= 0.3 is 5.97 Å². The van der Waals surface area contributed by atoms with E-state index >= 15 is 0 Å². The molecule has 1 fully saturated rings. The van der Waals surface area contributed by atoms with Crippen molar-refractivity contribution < 1.29 is 28.7 Å². The molecule has 0 radical (unpaired) electrons. The predicted octanol–water partition coefficient (Wildman–Crippen LogP) is 5.90. The van der Waals surface area contributed by atoms with Crippen LogP contribution in [0.25, 0.3) is 10.9 Å². The number of aromatic nitrogens is 1. The topological polar surface area (TPSA) is 158 Å². The Morgan fingerprint density at radius 1 is 0.740 bits per heavy atom. The van der Waals surface area contributed by atoms with Gasteiger partial charge in [-0.3, -0.25) is 19.2 Å². The van der Waals surface area contributed by atoms with Crippen molar-refractivity contribution in [2.45, 2.75) is 153 Å². The monoisotopic (exact) mass is 695 g/mol. The summed E-state index contributed by atoms with van der Waals surface area (Å²) in [5, 5.41) is 12.2. The smallest absolute Gasteiger partial charge is 0.328 e. The number of unbranched alkanes of at least 4 members (excludes halogenated alkanes) is 13. The summed E-state index contributed by atoms with van der Waals surface area (Å²) < 4.78 is 4.91. The Bertz CT molecular complexity index is 1340. The highest BCUT2D eigenvalue weighted by Crippen LogP contribution is 2.20. The zero-order chi connectivity index (χ0) is 36.0. The van der Waals surface area contributed by atoms with Crippen molar-refractivity contribution in [2.24, 2.45) is 0 Å². The van der Waals surface area contributed by atoms with Crippen molar-refractivity contribution >= 4 is 40.5 Å². The van der Waals surface area contributed by atoms with E-state index in [0.29, 0.717) is 32.2 Å². The summed E-state index contributed by atoms with van der Waals surface area (Å²) in [6, 6.07) is 5.31. The largest absolute Gasteiger partial charge is 0.467 e. The lowest BCUT2D eigenvalue weighted by molar-refractivity contribution is -0.145. The highest BCUT2D eigenvalue weighted by atomic mass is 16.5.